The van der Waals surface area contributed by atoms with Crippen LogP contribution in [0.3, 0.4) is 0 Å². The van der Waals surface area contributed by atoms with Crippen molar-refractivity contribution >= 4 is 17.9 Å². The summed E-state index contributed by atoms with van der Waals surface area (Å²) in [6.07, 6.45) is 84.5. The van der Waals surface area contributed by atoms with Gasteiger partial charge in [0.15, 0.2) is 6.10 Å². The Labute approximate surface area is 449 Å². The van der Waals surface area contributed by atoms with E-state index >= 15 is 0 Å². The van der Waals surface area contributed by atoms with E-state index in [0.717, 1.165) is 135 Å². The molecule has 0 amide bonds. The van der Waals surface area contributed by atoms with E-state index in [-0.39, 0.29) is 31.1 Å². The third-order valence-corrected chi connectivity index (χ3v) is 12.1. The summed E-state index contributed by atoms with van der Waals surface area (Å²) in [6, 6.07) is 0. The van der Waals surface area contributed by atoms with Crippen LogP contribution in [0, 0.1) is 0 Å². The molecule has 0 aromatic carbocycles. The lowest BCUT2D eigenvalue weighted by Crippen LogP contribution is -2.30. The lowest BCUT2D eigenvalue weighted by molar-refractivity contribution is -0.167. The van der Waals surface area contributed by atoms with Gasteiger partial charge in [-0.15, -0.1) is 0 Å². The molecule has 6 nitrogen and oxygen atoms in total. The van der Waals surface area contributed by atoms with Crippen LogP contribution in [-0.2, 0) is 28.6 Å². The first-order valence-corrected chi connectivity index (χ1v) is 29.7. The molecular weight excluding hydrogens is 901 g/mol. The van der Waals surface area contributed by atoms with Crippen molar-refractivity contribution in [3.05, 3.63) is 134 Å². The number of hydrogen-bond donors (Lipinski definition) is 0. The summed E-state index contributed by atoms with van der Waals surface area (Å²) in [5.41, 5.74) is 0. The second-order valence-corrected chi connectivity index (χ2v) is 19.1. The minimum atomic E-state index is -0.808. The first kappa shape index (κ1) is 68.6. The zero-order chi connectivity index (χ0) is 52.9. The molecule has 0 bridgehead atoms. The molecule has 73 heavy (non-hydrogen) atoms. The second kappa shape index (κ2) is 60.1. The highest BCUT2D eigenvalue weighted by molar-refractivity contribution is 5.71. The number of carbonyl (C=O) groups is 3. The van der Waals surface area contributed by atoms with E-state index in [4.69, 9.17) is 14.2 Å². The van der Waals surface area contributed by atoms with Crippen molar-refractivity contribution in [2.24, 2.45) is 0 Å². The second-order valence-electron chi connectivity index (χ2n) is 19.1. The monoisotopic (exact) mass is 1010 g/mol. The molecule has 0 aliphatic rings. The molecule has 0 N–H and O–H groups in total. The van der Waals surface area contributed by atoms with Gasteiger partial charge in [0.05, 0.1) is 0 Å². The zero-order valence-electron chi connectivity index (χ0n) is 47.1. The van der Waals surface area contributed by atoms with Gasteiger partial charge in [-0.3, -0.25) is 14.4 Å². The van der Waals surface area contributed by atoms with Gasteiger partial charge in [-0.05, 0) is 128 Å². The number of esters is 3. The SMILES string of the molecule is CC/C=C\C/C=C\C/C=C\C/C=C\CCCCCCCCCCCCC(=O)OCC(COC(=O)CCCC/C=C\C/C=C\C/C=C\C/C=C\CC)OC(=O)CCCCCCCCC/C=C\C/C=C\C/C=C\CC. The first-order valence-electron chi connectivity index (χ1n) is 29.7. The Hall–Kier alpha value is -4.45. The Morgan fingerprint density at radius 3 is 0.795 bits per heavy atom. The van der Waals surface area contributed by atoms with Crippen molar-refractivity contribution in [2.45, 2.75) is 258 Å². The van der Waals surface area contributed by atoms with Gasteiger partial charge < -0.3 is 14.2 Å². The Morgan fingerprint density at radius 1 is 0.274 bits per heavy atom. The third-order valence-electron chi connectivity index (χ3n) is 12.1. The lowest BCUT2D eigenvalue weighted by atomic mass is 10.1. The fourth-order valence-corrected chi connectivity index (χ4v) is 7.79. The van der Waals surface area contributed by atoms with Crippen LogP contribution in [0.1, 0.15) is 252 Å². The topological polar surface area (TPSA) is 78.9 Å². The van der Waals surface area contributed by atoms with E-state index in [1.807, 2.05) is 0 Å². The Kier molecular flexibility index (Phi) is 56.4. The molecule has 0 heterocycles. The van der Waals surface area contributed by atoms with Gasteiger partial charge in [-0.25, -0.2) is 0 Å². The normalized spacial score (nSPS) is 13.1. The third kappa shape index (κ3) is 58.3. The van der Waals surface area contributed by atoms with Gasteiger partial charge in [-0.1, -0.05) is 238 Å². The average Bonchev–Trinajstić information content (AvgIpc) is 3.39. The average molecular weight is 1010 g/mol. The van der Waals surface area contributed by atoms with Crippen LogP contribution in [-0.4, -0.2) is 37.2 Å². The van der Waals surface area contributed by atoms with Gasteiger partial charge in [0.25, 0.3) is 0 Å². The Morgan fingerprint density at radius 2 is 0.493 bits per heavy atom. The predicted molar refractivity (Wildman–Crippen MR) is 316 cm³/mol. The molecule has 1 unspecified atom stereocenters. The molecule has 0 saturated carbocycles. The molecule has 412 valence electrons. The van der Waals surface area contributed by atoms with Gasteiger partial charge in [0, 0.05) is 19.3 Å². The molecule has 0 aromatic heterocycles. The fraction of sp³-hybridized carbons (Fsp3) is 0.627. The number of allylic oxidation sites excluding steroid dienone is 22. The van der Waals surface area contributed by atoms with Gasteiger partial charge >= 0.3 is 17.9 Å². The molecule has 0 aliphatic heterocycles. The number of unbranched alkanes of at least 4 members (excludes halogenated alkanes) is 19. The van der Waals surface area contributed by atoms with E-state index in [1.165, 1.54) is 77.0 Å². The number of carbonyl (C=O) groups excluding carboxylic acids is 3. The summed E-state index contributed by atoms with van der Waals surface area (Å²) >= 11 is 0. The van der Waals surface area contributed by atoms with Gasteiger partial charge in [-0.2, -0.15) is 0 Å². The zero-order valence-corrected chi connectivity index (χ0v) is 47.1. The van der Waals surface area contributed by atoms with Crippen LogP contribution in [0.4, 0.5) is 0 Å². The van der Waals surface area contributed by atoms with Crippen molar-refractivity contribution in [3.8, 4) is 0 Å². The van der Waals surface area contributed by atoms with Crippen molar-refractivity contribution in [2.75, 3.05) is 13.2 Å². The van der Waals surface area contributed by atoms with Crippen LogP contribution in [0.25, 0.3) is 0 Å². The number of hydrogen-bond acceptors (Lipinski definition) is 6. The van der Waals surface area contributed by atoms with Crippen LogP contribution in [0.2, 0.25) is 0 Å². The van der Waals surface area contributed by atoms with Crippen LogP contribution >= 0.6 is 0 Å². The van der Waals surface area contributed by atoms with E-state index in [1.54, 1.807) is 0 Å². The van der Waals surface area contributed by atoms with Gasteiger partial charge in [0.2, 0.25) is 0 Å². The molecule has 0 aromatic rings. The molecule has 0 fully saturated rings. The van der Waals surface area contributed by atoms with Crippen molar-refractivity contribution in [1.82, 2.24) is 0 Å². The standard InChI is InChI=1S/C67H108O6/c1-4-7-10-13-16-19-22-25-28-30-31-32-33-34-35-37-39-42-45-48-51-54-57-60-66(69)72-63-64(62-71-65(68)59-56-53-50-47-44-41-38-27-24-21-18-15-12-9-6-3)73-67(70)61-58-55-52-49-46-43-40-36-29-26-23-20-17-14-11-8-5-2/h7-12,16-21,25-29,31-32,38,44,47,64H,4-6,13-15,22-24,30,33-37,39-43,45-46,48-63H2,1-3H3/b10-7-,11-8-,12-9-,19-16-,20-17-,21-18-,28-25-,29-26-,32-31-,38-27-,47-44-. The van der Waals surface area contributed by atoms with E-state index in [2.05, 4.69) is 154 Å². The minimum Gasteiger partial charge on any atom is -0.462 e. The largest absolute Gasteiger partial charge is 0.462 e. The van der Waals surface area contributed by atoms with E-state index in [0.29, 0.717) is 19.3 Å². The molecule has 0 radical (unpaired) electrons. The summed E-state index contributed by atoms with van der Waals surface area (Å²) in [6.45, 7) is 6.26. The molecule has 1 atom stereocenters. The summed E-state index contributed by atoms with van der Waals surface area (Å²) in [5, 5.41) is 0. The summed E-state index contributed by atoms with van der Waals surface area (Å²) in [4.78, 5) is 38.2. The summed E-state index contributed by atoms with van der Waals surface area (Å²) < 4.78 is 16.8. The summed E-state index contributed by atoms with van der Waals surface area (Å²) in [7, 11) is 0. The fourth-order valence-electron chi connectivity index (χ4n) is 7.79. The Balaban J connectivity index is 4.43. The van der Waals surface area contributed by atoms with Crippen LogP contribution in [0.5, 0.6) is 0 Å². The molecule has 0 spiro atoms. The first-order chi connectivity index (χ1) is 36.0. The predicted octanol–water partition coefficient (Wildman–Crippen LogP) is 20.2. The molecule has 0 aliphatic carbocycles. The molecule has 6 heteroatoms. The highest BCUT2D eigenvalue weighted by atomic mass is 16.6. The smallest absolute Gasteiger partial charge is 0.306 e. The lowest BCUT2D eigenvalue weighted by Gasteiger charge is -2.18. The Bertz CT molecular complexity index is 1580. The maximum Gasteiger partial charge on any atom is 0.306 e. The molecule has 0 rings (SSSR count). The van der Waals surface area contributed by atoms with Crippen LogP contribution in [0.15, 0.2) is 134 Å². The number of rotatable bonds is 52. The van der Waals surface area contributed by atoms with Crippen molar-refractivity contribution < 1.29 is 28.6 Å². The van der Waals surface area contributed by atoms with E-state index < -0.39 is 6.10 Å². The van der Waals surface area contributed by atoms with Crippen molar-refractivity contribution in [3.63, 3.8) is 0 Å². The maximum absolute atomic E-state index is 12.9. The highest BCUT2D eigenvalue weighted by Gasteiger charge is 2.19. The highest BCUT2D eigenvalue weighted by Crippen LogP contribution is 2.15. The van der Waals surface area contributed by atoms with Gasteiger partial charge in [0.1, 0.15) is 13.2 Å². The molecule has 0 saturated heterocycles. The summed E-state index contributed by atoms with van der Waals surface area (Å²) in [5.74, 6) is -0.960. The maximum atomic E-state index is 12.9. The minimum absolute atomic E-state index is 0.102. The van der Waals surface area contributed by atoms with Crippen molar-refractivity contribution in [1.29, 1.82) is 0 Å². The quantitative estimate of drug-likeness (QED) is 0.0261. The van der Waals surface area contributed by atoms with Crippen LogP contribution < -0.4 is 0 Å². The van der Waals surface area contributed by atoms with E-state index in [9.17, 15) is 14.4 Å². The number of ether oxygens (including phenoxy) is 3. The molecular formula is C67H108O6.